The molecule has 0 spiro atoms. The maximum absolute atomic E-state index is 11.4. The fourth-order valence-corrected chi connectivity index (χ4v) is 1.27. The molecule has 2 nitrogen and oxygen atoms in total. The molecule has 0 amide bonds. The molecule has 0 saturated carbocycles. The molecule has 2 heteroatoms. The van der Waals surface area contributed by atoms with E-state index in [1.165, 1.54) is 0 Å². The fraction of sp³-hybridized carbons (Fsp3) is 0.900. The van der Waals surface area contributed by atoms with Crippen LogP contribution in [0.5, 0.6) is 0 Å². The van der Waals surface area contributed by atoms with E-state index in [-0.39, 0.29) is 5.92 Å². The van der Waals surface area contributed by atoms with Crippen LogP contribution in [0.25, 0.3) is 0 Å². The van der Waals surface area contributed by atoms with E-state index in [0.29, 0.717) is 24.7 Å². The third kappa shape index (κ3) is 4.50. The van der Waals surface area contributed by atoms with Gasteiger partial charge in [0.1, 0.15) is 5.78 Å². The number of Topliss-reactive ketones (excluding diaryl/α,β-unsaturated/α-hetero) is 1. The first-order valence-corrected chi connectivity index (χ1v) is 4.84. The third-order valence-electron chi connectivity index (χ3n) is 2.23. The van der Waals surface area contributed by atoms with E-state index in [1.54, 1.807) is 0 Å². The molecule has 2 unspecified atom stereocenters. The molecule has 0 rings (SSSR count). The monoisotopic (exact) mass is 171 g/mol. The molecule has 0 aliphatic rings. The SMILES string of the molecule is CCCC(C)CC(=O)C(C)CN. The van der Waals surface area contributed by atoms with Gasteiger partial charge in [-0.2, -0.15) is 0 Å². The van der Waals surface area contributed by atoms with Crippen molar-refractivity contribution in [2.45, 2.75) is 40.0 Å². The Morgan fingerprint density at radius 2 is 2.00 bits per heavy atom. The fourth-order valence-electron chi connectivity index (χ4n) is 1.27. The van der Waals surface area contributed by atoms with Gasteiger partial charge in [-0.15, -0.1) is 0 Å². The zero-order valence-electron chi connectivity index (χ0n) is 8.47. The number of carbonyl (C=O) groups is 1. The van der Waals surface area contributed by atoms with Gasteiger partial charge in [-0.1, -0.05) is 33.6 Å². The topological polar surface area (TPSA) is 43.1 Å². The van der Waals surface area contributed by atoms with Gasteiger partial charge in [0.25, 0.3) is 0 Å². The summed E-state index contributed by atoms with van der Waals surface area (Å²) < 4.78 is 0. The molecule has 0 bridgehead atoms. The Labute approximate surface area is 75.5 Å². The molecular formula is C10H21NO. The first-order chi connectivity index (χ1) is 5.61. The average molecular weight is 171 g/mol. The van der Waals surface area contributed by atoms with Crippen molar-refractivity contribution in [3.63, 3.8) is 0 Å². The largest absolute Gasteiger partial charge is 0.330 e. The molecular weight excluding hydrogens is 150 g/mol. The molecule has 0 aromatic carbocycles. The standard InChI is InChI=1S/C10H21NO/c1-4-5-8(2)6-10(12)9(3)7-11/h8-9H,4-7,11H2,1-3H3. The van der Waals surface area contributed by atoms with Crippen LogP contribution in [-0.2, 0) is 4.79 Å². The van der Waals surface area contributed by atoms with Gasteiger partial charge in [0.05, 0.1) is 0 Å². The van der Waals surface area contributed by atoms with Crippen LogP contribution in [0, 0.1) is 11.8 Å². The van der Waals surface area contributed by atoms with E-state index in [4.69, 9.17) is 5.73 Å². The zero-order valence-corrected chi connectivity index (χ0v) is 8.47. The van der Waals surface area contributed by atoms with Crippen LogP contribution in [0.2, 0.25) is 0 Å². The second kappa shape index (κ2) is 6.18. The summed E-state index contributed by atoms with van der Waals surface area (Å²) in [6.45, 7) is 6.66. The van der Waals surface area contributed by atoms with Crippen LogP contribution in [0.3, 0.4) is 0 Å². The summed E-state index contributed by atoms with van der Waals surface area (Å²) in [6.07, 6.45) is 3.00. The average Bonchev–Trinajstić information content (AvgIpc) is 2.03. The lowest BCUT2D eigenvalue weighted by atomic mass is 9.94. The maximum atomic E-state index is 11.4. The Balaban J connectivity index is 3.67. The van der Waals surface area contributed by atoms with Crippen molar-refractivity contribution in [1.29, 1.82) is 0 Å². The second-order valence-electron chi connectivity index (χ2n) is 3.70. The summed E-state index contributed by atoms with van der Waals surface area (Å²) in [5.74, 6) is 0.888. The van der Waals surface area contributed by atoms with Gasteiger partial charge in [0.15, 0.2) is 0 Å². The number of hydrogen-bond acceptors (Lipinski definition) is 2. The Morgan fingerprint density at radius 1 is 1.42 bits per heavy atom. The van der Waals surface area contributed by atoms with Gasteiger partial charge in [-0.25, -0.2) is 0 Å². The molecule has 0 radical (unpaired) electrons. The van der Waals surface area contributed by atoms with Crippen LogP contribution in [0.1, 0.15) is 40.0 Å². The Kier molecular flexibility index (Phi) is 5.99. The van der Waals surface area contributed by atoms with Crippen LogP contribution in [-0.4, -0.2) is 12.3 Å². The first kappa shape index (κ1) is 11.6. The van der Waals surface area contributed by atoms with Crippen molar-refractivity contribution in [1.82, 2.24) is 0 Å². The van der Waals surface area contributed by atoms with Crippen molar-refractivity contribution >= 4 is 5.78 Å². The summed E-state index contributed by atoms with van der Waals surface area (Å²) >= 11 is 0. The lowest BCUT2D eigenvalue weighted by Gasteiger charge is -2.12. The summed E-state index contributed by atoms with van der Waals surface area (Å²) in [7, 11) is 0. The van der Waals surface area contributed by atoms with Crippen molar-refractivity contribution < 1.29 is 4.79 Å². The van der Waals surface area contributed by atoms with E-state index >= 15 is 0 Å². The Morgan fingerprint density at radius 3 is 2.42 bits per heavy atom. The molecule has 0 aliphatic heterocycles. The van der Waals surface area contributed by atoms with Crippen LogP contribution in [0.15, 0.2) is 0 Å². The Bertz CT molecular complexity index is 134. The quantitative estimate of drug-likeness (QED) is 0.664. The molecule has 0 heterocycles. The van der Waals surface area contributed by atoms with Gasteiger partial charge in [0.2, 0.25) is 0 Å². The molecule has 0 saturated heterocycles. The second-order valence-corrected chi connectivity index (χ2v) is 3.70. The molecule has 0 aliphatic carbocycles. The van der Waals surface area contributed by atoms with E-state index < -0.39 is 0 Å². The van der Waals surface area contributed by atoms with Gasteiger partial charge in [0, 0.05) is 18.9 Å². The highest BCUT2D eigenvalue weighted by Crippen LogP contribution is 2.12. The molecule has 0 aromatic rings. The number of carbonyl (C=O) groups excluding carboxylic acids is 1. The van der Waals surface area contributed by atoms with E-state index in [0.717, 1.165) is 12.8 Å². The van der Waals surface area contributed by atoms with Crippen molar-refractivity contribution in [3.05, 3.63) is 0 Å². The van der Waals surface area contributed by atoms with Crippen LogP contribution in [0.4, 0.5) is 0 Å². The highest BCUT2D eigenvalue weighted by atomic mass is 16.1. The third-order valence-corrected chi connectivity index (χ3v) is 2.23. The van der Waals surface area contributed by atoms with Crippen molar-refractivity contribution in [2.24, 2.45) is 17.6 Å². The van der Waals surface area contributed by atoms with Crippen molar-refractivity contribution in [2.75, 3.05) is 6.54 Å². The summed E-state index contributed by atoms with van der Waals surface area (Å²) in [6, 6.07) is 0. The minimum absolute atomic E-state index is 0.0457. The maximum Gasteiger partial charge on any atom is 0.137 e. The predicted molar refractivity (Wildman–Crippen MR) is 51.9 cm³/mol. The van der Waals surface area contributed by atoms with Gasteiger partial charge in [-0.3, -0.25) is 4.79 Å². The molecule has 2 N–H and O–H groups in total. The molecule has 12 heavy (non-hydrogen) atoms. The first-order valence-electron chi connectivity index (χ1n) is 4.84. The molecule has 72 valence electrons. The molecule has 0 fully saturated rings. The van der Waals surface area contributed by atoms with E-state index in [1.807, 2.05) is 6.92 Å². The number of rotatable bonds is 6. The Hall–Kier alpha value is -0.370. The normalized spacial score (nSPS) is 15.7. The van der Waals surface area contributed by atoms with Crippen LogP contribution >= 0.6 is 0 Å². The summed E-state index contributed by atoms with van der Waals surface area (Å²) in [5, 5.41) is 0. The van der Waals surface area contributed by atoms with Crippen molar-refractivity contribution in [3.8, 4) is 0 Å². The van der Waals surface area contributed by atoms with Gasteiger partial charge >= 0.3 is 0 Å². The molecule has 2 atom stereocenters. The van der Waals surface area contributed by atoms with Gasteiger partial charge in [-0.05, 0) is 5.92 Å². The lowest BCUT2D eigenvalue weighted by molar-refractivity contribution is -0.122. The van der Waals surface area contributed by atoms with E-state index in [2.05, 4.69) is 13.8 Å². The summed E-state index contributed by atoms with van der Waals surface area (Å²) in [4.78, 5) is 11.4. The van der Waals surface area contributed by atoms with Crippen LogP contribution < -0.4 is 5.73 Å². The predicted octanol–water partition coefficient (Wildman–Crippen LogP) is 1.98. The number of hydrogen-bond donors (Lipinski definition) is 1. The number of ketones is 1. The highest BCUT2D eigenvalue weighted by molar-refractivity contribution is 5.81. The zero-order chi connectivity index (χ0) is 9.56. The van der Waals surface area contributed by atoms with Gasteiger partial charge < -0.3 is 5.73 Å². The smallest absolute Gasteiger partial charge is 0.137 e. The number of nitrogens with two attached hydrogens (primary N) is 1. The molecule has 0 aromatic heterocycles. The highest BCUT2D eigenvalue weighted by Gasteiger charge is 2.13. The summed E-state index contributed by atoms with van der Waals surface area (Å²) in [5.41, 5.74) is 5.40. The lowest BCUT2D eigenvalue weighted by Crippen LogP contribution is -2.22. The van der Waals surface area contributed by atoms with E-state index in [9.17, 15) is 4.79 Å². The minimum Gasteiger partial charge on any atom is -0.330 e. The minimum atomic E-state index is 0.0457.